The van der Waals surface area contributed by atoms with Gasteiger partial charge >= 0.3 is 17.0 Å². The van der Waals surface area contributed by atoms with Crippen LogP contribution in [0.15, 0.2) is 52.3 Å². The lowest BCUT2D eigenvalue weighted by atomic mass is 9.83. The third kappa shape index (κ3) is 4.96. The van der Waals surface area contributed by atoms with Crippen molar-refractivity contribution in [3.8, 4) is 11.5 Å². The second-order valence-corrected chi connectivity index (χ2v) is 11.0. The molecule has 2 aliphatic heterocycles. The summed E-state index contributed by atoms with van der Waals surface area (Å²) in [5, 5.41) is -0.578. The lowest BCUT2D eigenvalue weighted by Crippen LogP contribution is -2.32. The molecular formula is C26H21F3N2O7S2. The third-order valence-electron chi connectivity index (χ3n) is 6.45. The van der Waals surface area contributed by atoms with Crippen LogP contribution in [0.25, 0.3) is 0 Å². The summed E-state index contributed by atoms with van der Waals surface area (Å²) in [6.07, 6.45) is -4.66. The first-order valence-electron chi connectivity index (χ1n) is 11.9. The molecule has 0 radical (unpaired) electrons. The molecule has 1 saturated heterocycles. The molecule has 14 heteroatoms. The Kier molecular flexibility index (Phi) is 7.40. The molecule has 210 valence electrons. The van der Waals surface area contributed by atoms with Crippen LogP contribution in [0.1, 0.15) is 28.8 Å². The first-order chi connectivity index (χ1) is 19.0. The second kappa shape index (κ2) is 10.7. The van der Waals surface area contributed by atoms with Crippen molar-refractivity contribution >= 4 is 46.6 Å². The number of thioether (sulfide) groups is 1. The Morgan fingerprint density at radius 2 is 1.85 bits per heavy atom. The zero-order valence-electron chi connectivity index (χ0n) is 20.9. The molecule has 2 aliphatic rings. The first kappa shape index (κ1) is 27.8. The molecule has 2 amide bonds. The molecule has 0 bridgehead atoms. The smallest absolute Gasteiger partial charge is 0.416 e. The van der Waals surface area contributed by atoms with Crippen LogP contribution in [-0.2, 0) is 25.3 Å². The van der Waals surface area contributed by atoms with Gasteiger partial charge in [-0.05, 0) is 42.8 Å². The Labute approximate surface area is 233 Å². The number of methoxy groups -OCH3 is 1. The standard InChI is InChI=1S/C26H21F3N2O7S2/c1-3-37-17(32)11-38-15-8-7-12(9-16(15)36-2)18-19-21(39-22-20(18)40-25(35)30-22)24(34)31(23(19)33)14-6-4-5-13(10-14)26(27,28)29/h4-10,18-19,21H,3,11H2,1-2H3,(H,30,35)/t18-,19-,21+/m0/s1. The van der Waals surface area contributed by atoms with Crippen LogP contribution in [0.2, 0.25) is 0 Å². The number of thiazole rings is 1. The van der Waals surface area contributed by atoms with Gasteiger partial charge in [-0.15, -0.1) is 0 Å². The number of ether oxygens (including phenoxy) is 3. The predicted octanol–water partition coefficient (Wildman–Crippen LogP) is 4.20. The number of fused-ring (bicyclic) bond motifs is 2. The molecule has 40 heavy (non-hydrogen) atoms. The number of benzene rings is 2. The molecule has 1 aromatic heterocycles. The number of amides is 2. The van der Waals surface area contributed by atoms with Crippen molar-refractivity contribution in [1.82, 2.24) is 4.98 Å². The van der Waals surface area contributed by atoms with Gasteiger partial charge in [-0.25, -0.2) is 9.69 Å². The van der Waals surface area contributed by atoms with E-state index < -0.39 is 46.6 Å². The van der Waals surface area contributed by atoms with Crippen molar-refractivity contribution in [3.63, 3.8) is 0 Å². The van der Waals surface area contributed by atoms with Crippen LogP contribution in [0.3, 0.4) is 0 Å². The Morgan fingerprint density at radius 1 is 1.07 bits per heavy atom. The average molecular weight is 595 g/mol. The first-order valence-corrected chi connectivity index (χ1v) is 13.6. The molecule has 3 atom stereocenters. The van der Waals surface area contributed by atoms with E-state index in [4.69, 9.17) is 14.2 Å². The fourth-order valence-corrected chi connectivity index (χ4v) is 7.30. The van der Waals surface area contributed by atoms with E-state index in [9.17, 15) is 32.3 Å². The highest BCUT2D eigenvalue weighted by molar-refractivity contribution is 8.00. The minimum Gasteiger partial charge on any atom is -0.493 e. The summed E-state index contributed by atoms with van der Waals surface area (Å²) in [6.45, 7) is 1.49. The number of aromatic nitrogens is 1. The van der Waals surface area contributed by atoms with E-state index >= 15 is 0 Å². The van der Waals surface area contributed by atoms with E-state index in [1.54, 1.807) is 19.1 Å². The molecule has 0 aliphatic carbocycles. The molecule has 0 unspecified atom stereocenters. The zero-order chi connectivity index (χ0) is 28.8. The van der Waals surface area contributed by atoms with Gasteiger partial charge < -0.3 is 19.2 Å². The number of alkyl halides is 3. The van der Waals surface area contributed by atoms with Gasteiger partial charge in [0, 0.05) is 10.8 Å². The van der Waals surface area contributed by atoms with E-state index in [2.05, 4.69) is 4.98 Å². The molecule has 2 aromatic carbocycles. The van der Waals surface area contributed by atoms with Gasteiger partial charge in [-0.1, -0.05) is 35.2 Å². The maximum absolute atomic E-state index is 13.8. The predicted molar refractivity (Wildman–Crippen MR) is 139 cm³/mol. The number of nitrogens with zero attached hydrogens (tertiary/aromatic N) is 1. The van der Waals surface area contributed by atoms with E-state index in [-0.39, 0.29) is 35.3 Å². The average Bonchev–Trinajstić information content (AvgIpc) is 3.41. The number of H-pyrrole nitrogens is 1. The molecule has 9 nitrogen and oxygen atoms in total. The van der Waals surface area contributed by atoms with Crippen LogP contribution in [0, 0.1) is 5.92 Å². The van der Waals surface area contributed by atoms with Crippen LogP contribution in [0.5, 0.6) is 11.5 Å². The van der Waals surface area contributed by atoms with Crippen LogP contribution in [0.4, 0.5) is 18.9 Å². The summed E-state index contributed by atoms with van der Waals surface area (Å²) in [7, 11) is 1.38. The Morgan fingerprint density at radius 3 is 2.55 bits per heavy atom. The van der Waals surface area contributed by atoms with Crippen LogP contribution >= 0.6 is 23.1 Å². The van der Waals surface area contributed by atoms with Crippen molar-refractivity contribution in [1.29, 1.82) is 0 Å². The third-order valence-corrected chi connectivity index (χ3v) is 8.85. The van der Waals surface area contributed by atoms with Gasteiger partial charge in [0.2, 0.25) is 11.8 Å². The zero-order valence-corrected chi connectivity index (χ0v) is 22.6. The fraction of sp³-hybridized carbons (Fsp3) is 0.308. The van der Waals surface area contributed by atoms with Crippen molar-refractivity contribution < 1.29 is 41.8 Å². The van der Waals surface area contributed by atoms with E-state index in [0.717, 1.165) is 46.2 Å². The quantitative estimate of drug-likeness (QED) is 0.320. The summed E-state index contributed by atoms with van der Waals surface area (Å²) in [5.74, 6) is -3.28. The second-order valence-electron chi connectivity index (χ2n) is 8.81. The summed E-state index contributed by atoms with van der Waals surface area (Å²) in [4.78, 5) is 54.9. The number of carbonyl (C=O) groups is 3. The lowest BCUT2D eigenvalue weighted by Gasteiger charge is -2.30. The number of hydrogen-bond donors (Lipinski definition) is 1. The number of anilines is 1. The van der Waals surface area contributed by atoms with Gasteiger partial charge in [0.25, 0.3) is 0 Å². The molecule has 3 heterocycles. The summed E-state index contributed by atoms with van der Waals surface area (Å²) in [6, 6.07) is 8.78. The normalized spacial score (nSPS) is 20.2. The highest BCUT2D eigenvalue weighted by atomic mass is 32.2. The molecular weight excluding hydrogens is 573 g/mol. The fourth-order valence-electron chi connectivity index (χ4n) is 4.79. The van der Waals surface area contributed by atoms with Crippen molar-refractivity contribution in [2.75, 3.05) is 25.2 Å². The Hall–Kier alpha value is -3.78. The van der Waals surface area contributed by atoms with Gasteiger partial charge in [0.1, 0.15) is 5.25 Å². The van der Waals surface area contributed by atoms with Crippen LogP contribution in [-0.4, -0.2) is 48.3 Å². The summed E-state index contributed by atoms with van der Waals surface area (Å²) in [5.41, 5.74) is -0.661. The monoisotopic (exact) mass is 594 g/mol. The number of hydrogen-bond acceptors (Lipinski definition) is 9. The molecule has 1 fully saturated rings. The highest BCUT2D eigenvalue weighted by Gasteiger charge is 2.56. The van der Waals surface area contributed by atoms with Gasteiger partial charge in [0.15, 0.2) is 18.1 Å². The highest BCUT2D eigenvalue weighted by Crippen LogP contribution is 2.54. The summed E-state index contributed by atoms with van der Waals surface area (Å²) >= 11 is 1.90. The molecule has 3 aromatic rings. The summed E-state index contributed by atoms with van der Waals surface area (Å²) < 4.78 is 55.9. The number of esters is 1. The number of aromatic amines is 1. The van der Waals surface area contributed by atoms with Gasteiger partial charge in [0.05, 0.1) is 35.9 Å². The van der Waals surface area contributed by atoms with Crippen molar-refractivity contribution in [3.05, 3.63) is 68.1 Å². The molecule has 5 rings (SSSR count). The number of nitrogens with one attached hydrogen (secondary N) is 1. The largest absolute Gasteiger partial charge is 0.493 e. The molecule has 0 saturated carbocycles. The van der Waals surface area contributed by atoms with E-state index in [0.29, 0.717) is 15.5 Å². The maximum atomic E-state index is 13.8. The number of imide groups is 1. The van der Waals surface area contributed by atoms with Gasteiger partial charge in [-0.3, -0.25) is 14.4 Å². The minimum atomic E-state index is -4.66. The van der Waals surface area contributed by atoms with Crippen LogP contribution < -0.4 is 19.2 Å². The van der Waals surface area contributed by atoms with E-state index in [1.807, 2.05) is 0 Å². The lowest BCUT2D eigenvalue weighted by molar-refractivity contribution is -0.145. The SMILES string of the molecule is CCOC(=O)COc1ccc([C@@H]2c3sc(=O)[nH]c3S[C@H]3C(=O)N(c4cccc(C(F)(F)F)c4)C(=O)[C@@H]23)cc1OC. The minimum absolute atomic E-state index is 0.185. The number of halogens is 3. The molecule has 0 spiro atoms. The van der Waals surface area contributed by atoms with Gasteiger partial charge in [-0.2, -0.15) is 13.2 Å². The maximum Gasteiger partial charge on any atom is 0.416 e. The van der Waals surface area contributed by atoms with E-state index in [1.165, 1.54) is 19.2 Å². The molecule has 1 N–H and O–H groups in total. The number of carbonyl (C=O) groups excluding carboxylic acids is 3. The Balaban J connectivity index is 1.55. The Bertz CT molecular complexity index is 1550. The van der Waals surface area contributed by atoms with Crippen molar-refractivity contribution in [2.45, 2.75) is 29.3 Å². The number of rotatable bonds is 7. The topological polar surface area (TPSA) is 115 Å². The van der Waals surface area contributed by atoms with Crippen molar-refractivity contribution in [2.24, 2.45) is 5.92 Å².